The molecule has 0 fully saturated rings. The summed E-state index contributed by atoms with van der Waals surface area (Å²) in [4.78, 5) is 21.5. The second kappa shape index (κ2) is 7.86. The lowest BCUT2D eigenvalue weighted by Crippen LogP contribution is -2.25. The monoisotopic (exact) mass is 295 g/mol. The van der Waals surface area contributed by atoms with Gasteiger partial charge in [-0.3, -0.25) is 4.79 Å². The molecule has 0 saturated carbocycles. The zero-order valence-electron chi connectivity index (χ0n) is 7.22. The minimum Gasteiger partial charge on any atom is -0.440 e. The average molecular weight is 295 g/mol. The van der Waals surface area contributed by atoms with Gasteiger partial charge in [0.15, 0.2) is 6.61 Å². The second-order valence-electron chi connectivity index (χ2n) is 1.97. The number of carbonyl (C=O) groups excluding carboxylic acids is 2. The predicted octanol–water partition coefficient (Wildman–Crippen LogP) is 0.740. The van der Waals surface area contributed by atoms with Crippen molar-refractivity contribution < 1.29 is 14.3 Å². The summed E-state index contributed by atoms with van der Waals surface area (Å²) in [6.45, 7) is 1.96. The highest BCUT2D eigenvalue weighted by Gasteiger charge is 2.02. The maximum atomic E-state index is 10.8. The summed E-state index contributed by atoms with van der Waals surface area (Å²) in [6.07, 6.45) is -0.591. The number of ether oxygens (including phenoxy) is 1. The molecular formula is C8H10INO3. The number of alkyl halides is 1. The van der Waals surface area contributed by atoms with Gasteiger partial charge in [0, 0.05) is 6.54 Å². The van der Waals surface area contributed by atoms with Gasteiger partial charge in [0.05, 0.1) is 4.43 Å². The number of carbonyl (C=O) groups is 2. The molecule has 0 aliphatic carbocycles. The lowest BCUT2D eigenvalue weighted by molar-refractivity contribution is -0.116. The van der Waals surface area contributed by atoms with E-state index in [1.165, 1.54) is 0 Å². The third kappa shape index (κ3) is 7.59. The molecule has 13 heavy (non-hydrogen) atoms. The van der Waals surface area contributed by atoms with Crippen molar-refractivity contribution in [2.75, 3.05) is 17.6 Å². The van der Waals surface area contributed by atoms with E-state index in [-0.39, 0.29) is 12.4 Å². The van der Waals surface area contributed by atoms with Crippen molar-refractivity contribution in [3.8, 4) is 11.8 Å². The van der Waals surface area contributed by atoms with Gasteiger partial charge in [0.1, 0.15) is 0 Å². The fraction of sp³-hybridized carbons (Fsp3) is 0.500. The van der Waals surface area contributed by atoms with Gasteiger partial charge in [-0.2, -0.15) is 0 Å². The van der Waals surface area contributed by atoms with Gasteiger partial charge in [0.2, 0.25) is 5.78 Å². The Morgan fingerprint density at radius 3 is 2.77 bits per heavy atom. The average Bonchev–Trinajstić information content (AvgIpc) is 2.12. The molecule has 0 rings (SSSR count). The van der Waals surface area contributed by atoms with Crippen LogP contribution in [0.1, 0.15) is 6.92 Å². The highest BCUT2D eigenvalue weighted by Crippen LogP contribution is 1.80. The van der Waals surface area contributed by atoms with Crippen molar-refractivity contribution in [2.24, 2.45) is 0 Å². The third-order valence-corrected chi connectivity index (χ3v) is 1.33. The Balaban J connectivity index is 3.64. The van der Waals surface area contributed by atoms with E-state index < -0.39 is 6.09 Å². The Morgan fingerprint density at radius 1 is 1.54 bits per heavy atom. The van der Waals surface area contributed by atoms with E-state index in [1.807, 2.05) is 22.6 Å². The van der Waals surface area contributed by atoms with E-state index in [0.717, 1.165) is 0 Å². The number of rotatable bonds is 3. The SMILES string of the molecule is CCNC(=O)OCC(=O)C#CCI. The maximum absolute atomic E-state index is 10.8. The van der Waals surface area contributed by atoms with E-state index in [4.69, 9.17) is 0 Å². The predicted molar refractivity (Wildman–Crippen MR) is 56.7 cm³/mol. The van der Waals surface area contributed by atoms with Crippen LogP contribution >= 0.6 is 22.6 Å². The number of amides is 1. The Labute approximate surface area is 90.5 Å². The quantitative estimate of drug-likeness (QED) is 0.362. The van der Waals surface area contributed by atoms with Crippen molar-refractivity contribution in [2.45, 2.75) is 6.92 Å². The molecule has 0 bridgehead atoms. The first-order valence-electron chi connectivity index (χ1n) is 3.69. The normalized spacial score (nSPS) is 8.15. The molecule has 0 aromatic carbocycles. The van der Waals surface area contributed by atoms with Crippen LogP contribution in [0, 0.1) is 11.8 Å². The van der Waals surface area contributed by atoms with Gasteiger partial charge in [-0.1, -0.05) is 28.5 Å². The summed E-state index contributed by atoms with van der Waals surface area (Å²) in [5.74, 6) is 4.52. The van der Waals surface area contributed by atoms with Crippen molar-refractivity contribution in [3.63, 3.8) is 0 Å². The van der Waals surface area contributed by atoms with Crippen molar-refractivity contribution in [1.29, 1.82) is 0 Å². The molecule has 0 unspecified atom stereocenters. The molecule has 0 aromatic heterocycles. The highest BCUT2D eigenvalue weighted by molar-refractivity contribution is 14.1. The van der Waals surface area contributed by atoms with Crippen LogP contribution in [0.2, 0.25) is 0 Å². The van der Waals surface area contributed by atoms with Crippen LogP contribution in [-0.2, 0) is 9.53 Å². The molecule has 72 valence electrons. The van der Waals surface area contributed by atoms with Crippen LogP contribution in [0.25, 0.3) is 0 Å². The minimum atomic E-state index is -0.591. The molecule has 0 aliphatic rings. The molecule has 1 N–H and O–H groups in total. The highest BCUT2D eigenvalue weighted by atomic mass is 127. The van der Waals surface area contributed by atoms with E-state index in [1.54, 1.807) is 6.92 Å². The molecule has 1 amide bonds. The van der Waals surface area contributed by atoms with Crippen LogP contribution < -0.4 is 5.32 Å². The number of hydrogen-bond acceptors (Lipinski definition) is 3. The molecule has 4 nitrogen and oxygen atoms in total. The fourth-order valence-corrected chi connectivity index (χ4v) is 0.685. The lowest BCUT2D eigenvalue weighted by Gasteiger charge is -2.00. The summed E-state index contributed by atoms with van der Waals surface area (Å²) in [5.41, 5.74) is 0. The molecule has 0 spiro atoms. The van der Waals surface area contributed by atoms with Gasteiger partial charge in [0.25, 0.3) is 0 Å². The van der Waals surface area contributed by atoms with E-state index in [2.05, 4.69) is 21.9 Å². The molecule has 0 aromatic rings. The Morgan fingerprint density at radius 2 is 2.23 bits per heavy atom. The van der Waals surface area contributed by atoms with Gasteiger partial charge in [-0.05, 0) is 12.8 Å². The van der Waals surface area contributed by atoms with Crippen LogP contribution in [-0.4, -0.2) is 29.5 Å². The standard InChI is InChI=1S/C8H10INO3/c1-2-10-8(12)13-6-7(11)4-3-5-9/h2,5-6H2,1H3,(H,10,12). The summed E-state index contributed by atoms with van der Waals surface area (Å²) in [7, 11) is 0. The van der Waals surface area contributed by atoms with Gasteiger partial charge >= 0.3 is 6.09 Å². The van der Waals surface area contributed by atoms with Crippen LogP contribution in [0.3, 0.4) is 0 Å². The zero-order valence-corrected chi connectivity index (χ0v) is 9.38. The smallest absolute Gasteiger partial charge is 0.407 e. The number of hydrogen-bond donors (Lipinski definition) is 1. The first-order chi connectivity index (χ1) is 6.20. The summed E-state index contributed by atoms with van der Waals surface area (Å²) in [6, 6.07) is 0. The largest absolute Gasteiger partial charge is 0.440 e. The van der Waals surface area contributed by atoms with Crippen LogP contribution in [0.5, 0.6) is 0 Å². The number of ketones is 1. The topological polar surface area (TPSA) is 55.4 Å². The molecular weight excluding hydrogens is 285 g/mol. The minimum absolute atomic E-state index is 0.282. The summed E-state index contributed by atoms with van der Waals surface area (Å²) < 4.78 is 5.12. The molecule has 0 saturated heterocycles. The molecule has 0 aliphatic heterocycles. The number of nitrogens with one attached hydrogen (secondary N) is 1. The Bertz CT molecular complexity index is 242. The van der Waals surface area contributed by atoms with Crippen LogP contribution in [0.15, 0.2) is 0 Å². The molecule has 0 atom stereocenters. The van der Waals surface area contributed by atoms with Gasteiger partial charge in [-0.25, -0.2) is 4.79 Å². The first kappa shape index (κ1) is 12.2. The van der Waals surface area contributed by atoms with Crippen molar-refractivity contribution in [3.05, 3.63) is 0 Å². The Kier molecular flexibility index (Phi) is 7.39. The van der Waals surface area contributed by atoms with E-state index in [0.29, 0.717) is 11.0 Å². The zero-order chi connectivity index (χ0) is 10.1. The fourth-order valence-electron chi connectivity index (χ4n) is 0.495. The van der Waals surface area contributed by atoms with E-state index in [9.17, 15) is 9.59 Å². The van der Waals surface area contributed by atoms with Gasteiger partial charge < -0.3 is 10.1 Å². The maximum Gasteiger partial charge on any atom is 0.407 e. The molecule has 0 heterocycles. The molecule has 5 heteroatoms. The molecule has 0 radical (unpaired) electrons. The Hall–Kier alpha value is -0.770. The summed E-state index contributed by atoms with van der Waals surface area (Å²) in [5, 5.41) is 2.39. The number of Topliss-reactive ketones (excluding diaryl/α,β-unsaturated/α-hetero) is 1. The van der Waals surface area contributed by atoms with Gasteiger partial charge in [-0.15, -0.1) is 0 Å². The van der Waals surface area contributed by atoms with Crippen LogP contribution in [0.4, 0.5) is 4.79 Å². The van der Waals surface area contributed by atoms with Crippen molar-refractivity contribution in [1.82, 2.24) is 5.32 Å². The summed E-state index contributed by atoms with van der Waals surface area (Å²) >= 11 is 2.03. The lowest BCUT2D eigenvalue weighted by atomic mass is 10.4. The van der Waals surface area contributed by atoms with Crippen molar-refractivity contribution >= 4 is 34.5 Å². The number of alkyl carbamates (subject to hydrolysis) is 1. The third-order valence-electron chi connectivity index (χ3n) is 0.950. The number of halogens is 1. The van der Waals surface area contributed by atoms with E-state index >= 15 is 0 Å². The second-order valence-corrected chi connectivity index (χ2v) is 2.73. The first-order valence-corrected chi connectivity index (χ1v) is 5.21.